The Morgan fingerprint density at radius 3 is 1.76 bits per heavy atom. The van der Waals surface area contributed by atoms with Crippen LogP contribution in [0.5, 0.6) is 5.75 Å². The van der Waals surface area contributed by atoms with E-state index in [1.54, 1.807) is 0 Å². The number of ether oxygens (including phenoxy) is 5. The summed E-state index contributed by atoms with van der Waals surface area (Å²) in [6.07, 6.45) is 10.3. The van der Waals surface area contributed by atoms with Gasteiger partial charge in [0.15, 0.2) is 11.5 Å². The number of carbonyl (C=O) groups excluding carboxylic acids is 2. The Balaban J connectivity index is 1.64. The van der Waals surface area contributed by atoms with E-state index in [9.17, 15) is 40.8 Å². The number of carboxylic acids is 2. The lowest BCUT2D eigenvalue weighted by molar-refractivity contribution is -0.143. The number of hydrogen-bond acceptors (Lipinski definition) is 13. The van der Waals surface area contributed by atoms with Gasteiger partial charge >= 0.3 is 18.1 Å². The topological polar surface area (TPSA) is 239 Å². The Kier molecular flexibility index (Phi) is 27.2. The fraction of sp³-hybridized carbons (Fsp3) is 0.659. The molecule has 21 heteroatoms. The van der Waals surface area contributed by atoms with Crippen molar-refractivity contribution in [3.05, 3.63) is 41.7 Å². The van der Waals surface area contributed by atoms with Gasteiger partial charge in [0.05, 0.1) is 50.1 Å². The van der Waals surface area contributed by atoms with E-state index in [1.807, 2.05) is 4.72 Å². The van der Waals surface area contributed by atoms with Crippen molar-refractivity contribution in [2.24, 2.45) is 0 Å². The van der Waals surface area contributed by atoms with E-state index in [0.717, 1.165) is 51.4 Å². The Morgan fingerprint density at radius 2 is 1.18 bits per heavy atom. The third kappa shape index (κ3) is 25.5. The summed E-state index contributed by atoms with van der Waals surface area (Å²) in [4.78, 5) is 52.0. The van der Waals surface area contributed by atoms with Crippen LogP contribution in [0.3, 0.4) is 0 Å². The van der Waals surface area contributed by atoms with Gasteiger partial charge in [0, 0.05) is 32.2 Å². The molecular formula is C41H61F3N4O13S. The number of amides is 1. The quantitative estimate of drug-likeness (QED) is 0.0530. The summed E-state index contributed by atoms with van der Waals surface area (Å²) in [5.74, 6) is -3.60. The Hall–Kier alpha value is -4.44. The van der Waals surface area contributed by atoms with Gasteiger partial charge in [-0.05, 0) is 43.5 Å². The van der Waals surface area contributed by atoms with E-state index < -0.39 is 57.9 Å². The van der Waals surface area contributed by atoms with Gasteiger partial charge in [0.2, 0.25) is 5.95 Å². The molecular weight excluding hydrogens is 846 g/mol. The minimum Gasteiger partial charge on any atom is -0.494 e. The molecule has 1 amide bonds. The largest absolute Gasteiger partial charge is 0.494 e. The number of unbranched alkanes of at least 4 members (excludes halogenated alkanes) is 12. The number of benzene rings is 1. The summed E-state index contributed by atoms with van der Waals surface area (Å²) in [6.45, 7) is 0.272. The second-order valence-electron chi connectivity index (χ2n) is 14.2. The maximum Gasteiger partial charge on any atom is 0.434 e. The maximum absolute atomic E-state index is 13.9. The standard InChI is InChI=1S/C41H61F3N4O13S/c42-41(43,44)38-35(39(54)45-21-24-58-26-27-59-30-32(49)15-14-22-57-25-28-60-31-37(52)53)29-46-40(47-38)48-62(55,56)34-19-17-33(18-20-34)61-23-13-11-9-7-5-3-1-2-4-6-8-10-12-16-36(50)51/h17-20,29H,1-16,21-28,30-31H2,(H,45,54)(H,50,51)(H,52,53)(H,46,47,48). The molecule has 0 bridgehead atoms. The molecule has 0 saturated heterocycles. The van der Waals surface area contributed by atoms with E-state index in [2.05, 4.69) is 15.3 Å². The number of nitrogens with one attached hydrogen (secondary N) is 2. The molecule has 2 rings (SSSR count). The van der Waals surface area contributed by atoms with Crippen molar-refractivity contribution in [2.75, 3.05) is 70.7 Å². The van der Waals surface area contributed by atoms with Crippen LogP contribution < -0.4 is 14.8 Å². The molecule has 0 fully saturated rings. The third-order valence-electron chi connectivity index (χ3n) is 8.97. The minimum atomic E-state index is -5.13. The molecule has 62 heavy (non-hydrogen) atoms. The summed E-state index contributed by atoms with van der Waals surface area (Å²) in [6, 6.07) is 5.36. The minimum absolute atomic E-state index is 0.0369. The van der Waals surface area contributed by atoms with Crippen LogP contribution in [-0.2, 0) is 49.5 Å². The van der Waals surface area contributed by atoms with Gasteiger partial charge in [-0.1, -0.05) is 70.6 Å². The molecule has 0 aliphatic rings. The van der Waals surface area contributed by atoms with Crippen LogP contribution in [-0.4, -0.2) is 118 Å². The summed E-state index contributed by atoms with van der Waals surface area (Å²) in [7, 11) is -4.41. The first-order valence-corrected chi connectivity index (χ1v) is 22.4. The van der Waals surface area contributed by atoms with Crippen molar-refractivity contribution in [2.45, 2.75) is 114 Å². The van der Waals surface area contributed by atoms with Gasteiger partial charge in [-0.15, -0.1) is 0 Å². The van der Waals surface area contributed by atoms with Crippen molar-refractivity contribution < 1.29 is 74.7 Å². The highest BCUT2D eigenvalue weighted by Crippen LogP contribution is 2.31. The van der Waals surface area contributed by atoms with Crippen molar-refractivity contribution >= 4 is 39.6 Å². The van der Waals surface area contributed by atoms with Crippen LogP contribution in [0, 0.1) is 0 Å². The maximum atomic E-state index is 13.9. The monoisotopic (exact) mass is 906 g/mol. The van der Waals surface area contributed by atoms with E-state index in [1.165, 1.54) is 56.4 Å². The molecule has 4 N–H and O–H groups in total. The molecule has 0 unspecified atom stereocenters. The van der Waals surface area contributed by atoms with E-state index >= 15 is 0 Å². The third-order valence-corrected chi connectivity index (χ3v) is 10.3. The van der Waals surface area contributed by atoms with Gasteiger partial charge in [-0.3, -0.25) is 14.4 Å². The Labute approximate surface area is 360 Å². The van der Waals surface area contributed by atoms with E-state index in [0.29, 0.717) is 25.0 Å². The Morgan fingerprint density at radius 1 is 0.629 bits per heavy atom. The number of aliphatic carboxylic acids is 2. The molecule has 0 atom stereocenters. The van der Waals surface area contributed by atoms with Crippen LogP contribution in [0.25, 0.3) is 0 Å². The van der Waals surface area contributed by atoms with E-state index in [-0.39, 0.29) is 76.3 Å². The molecule has 0 spiro atoms. The van der Waals surface area contributed by atoms with Gasteiger partial charge < -0.3 is 39.2 Å². The zero-order valence-corrected chi connectivity index (χ0v) is 35.9. The van der Waals surface area contributed by atoms with Gasteiger partial charge in [0.25, 0.3) is 15.9 Å². The number of ketones is 1. The van der Waals surface area contributed by atoms with Crippen molar-refractivity contribution in [3.63, 3.8) is 0 Å². The SMILES string of the molecule is O=C(O)CCCCCCCCCCCCCCCOc1ccc(S(=O)(=O)Nc2ncc(C(=O)NCCOCCOCC(=O)CCCOCCOCC(=O)O)c(C(F)(F)F)n2)cc1. The predicted molar refractivity (Wildman–Crippen MR) is 220 cm³/mol. The number of hydrogen-bond donors (Lipinski definition) is 4. The van der Waals surface area contributed by atoms with E-state index in [4.69, 9.17) is 33.9 Å². The average Bonchev–Trinajstić information content (AvgIpc) is 3.22. The fourth-order valence-corrected chi connectivity index (χ4v) is 6.73. The molecule has 1 aromatic heterocycles. The number of alkyl halides is 3. The second kappa shape index (κ2) is 31.4. The molecule has 1 heterocycles. The van der Waals surface area contributed by atoms with Crippen LogP contribution in [0.4, 0.5) is 19.1 Å². The molecule has 350 valence electrons. The zero-order chi connectivity index (χ0) is 45.5. The van der Waals surface area contributed by atoms with Crippen molar-refractivity contribution in [1.29, 1.82) is 0 Å². The molecule has 1 aromatic carbocycles. The lowest BCUT2D eigenvalue weighted by atomic mass is 10.0. The number of halogens is 3. The number of sulfonamides is 1. The fourth-order valence-electron chi connectivity index (χ4n) is 5.78. The van der Waals surface area contributed by atoms with Gasteiger partial charge in [-0.25, -0.2) is 27.9 Å². The summed E-state index contributed by atoms with van der Waals surface area (Å²) >= 11 is 0. The number of rotatable bonds is 38. The number of carboxylic acid groups (broad SMARTS) is 2. The van der Waals surface area contributed by atoms with Crippen LogP contribution >= 0.6 is 0 Å². The zero-order valence-electron chi connectivity index (χ0n) is 35.1. The molecule has 2 aromatic rings. The van der Waals surface area contributed by atoms with Crippen molar-refractivity contribution in [1.82, 2.24) is 15.3 Å². The summed E-state index contributed by atoms with van der Waals surface area (Å²) in [5.41, 5.74) is -2.57. The number of Topliss-reactive ketones (excluding diaryl/α,β-unsaturated/α-hetero) is 1. The highest BCUT2D eigenvalue weighted by Gasteiger charge is 2.38. The van der Waals surface area contributed by atoms with Crippen LogP contribution in [0.15, 0.2) is 35.4 Å². The molecule has 0 radical (unpaired) electrons. The number of aromatic nitrogens is 2. The first kappa shape index (κ1) is 53.7. The second-order valence-corrected chi connectivity index (χ2v) is 15.9. The summed E-state index contributed by atoms with van der Waals surface area (Å²) in [5, 5.41) is 19.4. The molecule has 0 aliphatic heterocycles. The first-order valence-electron chi connectivity index (χ1n) is 20.9. The average molecular weight is 907 g/mol. The van der Waals surface area contributed by atoms with Gasteiger partial charge in [-0.2, -0.15) is 13.2 Å². The number of carbonyl (C=O) groups is 4. The molecule has 0 saturated carbocycles. The normalized spacial score (nSPS) is 11.7. The predicted octanol–water partition coefficient (Wildman–Crippen LogP) is 6.45. The lowest BCUT2D eigenvalue weighted by Crippen LogP contribution is -2.30. The molecule has 17 nitrogen and oxygen atoms in total. The number of nitrogens with zero attached hydrogens (tertiary/aromatic N) is 2. The first-order chi connectivity index (χ1) is 29.7. The van der Waals surface area contributed by atoms with Crippen molar-refractivity contribution in [3.8, 4) is 5.75 Å². The Bertz CT molecular complexity index is 1720. The molecule has 0 aliphatic carbocycles. The van der Waals surface area contributed by atoms with Crippen LogP contribution in [0.2, 0.25) is 0 Å². The smallest absolute Gasteiger partial charge is 0.434 e. The van der Waals surface area contributed by atoms with Crippen LogP contribution in [0.1, 0.15) is 119 Å². The lowest BCUT2D eigenvalue weighted by Gasteiger charge is -2.14. The van der Waals surface area contributed by atoms with Gasteiger partial charge in [0.1, 0.15) is 19.0 Å². The number of anilines is 1. The summed E-state index contributed by atoms with van der Waals surface area (Å²) < 4.78 is 95.9. The highest BCUT2D eigenvalue weighted by atomic mass is 32.2. The highest BCUT2D eigenvalue weighted by molar-refractivity contribution is 7.92.